The fraction of sp³-hybridized carbons (Fsp3) is 0.200. The monoisotopic (exact) mass is 304 g/mol. The number of amidine groups is 1. The topological polar surface area (TPSA) is 61.7 Å². The van der Waals surface area contributed by atoms with E-state index in [0.29, 0.717) is 16.6 Å². The Hall–Kier alpha value is -2.26. The maximum Gasteiger partial charge on any atom is 0.335 e. The molecule has 1 unspecified atom stereocenters. The van der Waals surface area contributed by atoms with E-state index >= 15 is 0 Å². The van der Waals surface area contributed by atoms with E-state index in [1.165, 1.54) is 23.9 Å². The van der Waals surface area contributed by atoms with Gasteiger partial charge in [0.25, 0.3) is 0 Å². The van der Waals surface area contributed by atoms with E-state index in [1.54, 1.807) is 19.1 Å². The Balaban J connectivity index is 2.47. The molecule has 2 rings (SSSR count). The van der Waals surface area contributed by atoms with Gasteiger partial charge >= 0.3 is 5.97 Å². The van der Waals surface area contributed by atoms with Crippen LogP contribution >= 0.6 is 11.8 Å². The highest BCUT2D eigenvalue weighted by molar-refractivity contribution is 8.14. The third-order valence-electron chi connectivity index (χ3n) is 2.94. The number of benzene rings is 1. The third kappa shape index (κ3) is 3.26. The molecule has 1 atom stereocenters. The average Bonchev–Trinajstić information content (AvgIpc) is 2.44. The lowest BCUT2D eigenvalue weighted by Crippen LogP contribution is -2.30. The van der Waals surface area contributed by atoms with Crippen molar-refractivity contribution in [2.45, 2.75) is 13.0 Å². The molecule has 0 amide bonds. The van der Waals surface area contributed by atoms with E-state index in [9.17, 15) is 14.3 Å². The summed E-state index contributed by atoms with van der Waals surface area (Å²) in [5, 5.41) is 12.7. The number of allylic oxidation sites excluding steroid dienone is 1. The normalized spacial score (nSPS) is 17.8. The Kier molecular flexibility index (Phi) is 4.66. The number of halogens is 1. The van der Waals surface area contributed by atoms with Crippen molar-refractivity contribution in [1.29, 1.82) is 0 Å². The van der Waals surface area contributed by atoms with Gasteiger partial charge in [-0.15, -0.1) is 6.42 Å². The lowest BCUT2D eigenvalue weighted by molar-refractivity contribution is -0.133. The quantitative estimate of drug-likeness (QED) is 0.843. The van der Waals surface area contributed by atoms with Crippen molar-refractivity contribution < 1.29 is 14.3 Å². The van der Waals surface area contributed by atoms with E-state index in [-0.39, 0.29) is 11.1 Å². The molecule has 4 nitrogen and oxygen atoms in total. The van der Waals surface area contributed by atoms with Crippen molar-refractivity contribution >= 4 is 22.9 Å². The number of aliphatic carboxylic acids is 1. The average molecular weight is 304 g/mol. The Morgan fingerprint density at radius 1 is 1.57 bits per heavy atom. The number of hydrogen-bond donors (Lipinski definition) is 2. The first-order valence-electron chi connectivity index (χ1n) is 6.14. The van der Waals surface area contributed by atoms with E-state index in [2.05, 4.69) is 16.2 Å². The number of nitrogens with one attached hydrogen (secondary N) is 1. The smallest absolute Gasteiger partial charge is 0.335 e. The maximum absolute atomic E-state index is 14.0. The molecule has 0 spiro atoms. The molecule has 2 N–H and O–H groups in total. The largest absolute Gasteiger partial charge is 0.478 e. The molecule has 0 saturated heterocycles. The van der Waals surface area contributed by atoms with Gasteiger partial charge in [-0.1, -0.05) is 35.9 Å². The molecule has 108 valence electrons. The number of thioether (sulfide) groups is 1. The summed E-state index contributed by atoms with van der Waals surface area (Å²) in [6.07, 6.45) is 5.21. The zero-order chi connectivity index (χ0) is 15.4. The highest BCUT2D eigenvalue weighted by atomic mass is 32.2. The number of rotatable bonds is 3. The van der Waals surface area contributed by atoms with Crippen LogP contribution in [-0.2, 0) is 4.79 Å². The zero-order valence-electron chi connectivity index (χ0n) is 11.3. The van der Waals surface area contributed by atoms with Crippen molar-refractivity contribution in [3.8, 4) is 12.3 Å². The summed E-state index contributed by atoms with van der Waals surface area (Å²) in [6.45, 7) is 1.63. The summed E-state index contributed by atoms with van der Waals surface area (Å²) < 4.78 is 14.0. The van der Waals surface area contributed by atoms with Gasteiger partial charge in [0.05, 0.1) is 11.3 Å². The van der Waals surface area contributed by atoms with Crippen molar-refractivity contribution in [3.05, 3.63) is 46.9 Å². The number of terminal acetylenes is 1. The number of carboxylic acids is 1. The Bertz CT molecular complexity index is 676. The molecule has 1 aromatic carbocycles. The van der Waals surface area contributed by atoms with Gasteiger partial charge in [-0.25, -0.2) is 14.2 Å². The number of nitrogens with zero attached hydrogens (tertiary/aromatic N) is 1. The highest BCUT2D eigenvalue weighted by Crippen LogP contribution is 2.33. The van der Waals surface area contributed by atoms with Crippen LogP contribution in [0.15, 0.2) is 40.5 Å². The lowest BCUT2D eigenvalue weighted by atomic mass is 9.96. The molecule has 1 heterocycles. The Labute approximate surface area is 126 Å². The summed E-state index contributed by atoms with van der Waals surface area (Å²) in [4.78, 5) is 15.7. The van der Waals surface area contributed by atoms with Gasteiger partial charge in [-0.2, -0.15) is 0 Å². The third-order valence-corrected chi connectivity index (χ3v) is 3.73. The maximum atomic E-state index is 14.0. The van der Waals surface area contributed by atoms with Gasteiger partial charge in [0.2, 0.25) is 0 Å². The Morgan fingerprint density at radius 2 is 2.29 bits per heavy atom. The van der Waals surface area contributed by atoms with E-state index < -0.39 is 17.8 Å². The predicted molar refractivity (Wildman–Crippen MR) is 81.3 cm³/mol. The molecule has 1 aliphatic rings. The summed E-state index contributed by atoms with van der Waals surface area (Å²) in [7, 11) is 0. The lowest BCUT2D eigenvalue weighted by Gasteiger charge is -2.24. The molecule has 1 aliphatic heterocycles. The van der Waals surface area contributed by atoms with Gasteiger partial charge in [0, 0.05) is 11.3 Å². The second kappa shape index (κ2) is 6.46. The Morgan fingerprint density at radius 3 is 2.90 bits per heavy atom. The van der Waals surface area contributed by atoms with Crippen LogP contribution in [0.4, 0.5) is 4.39 Å². The van der Waals surface area contributed by atoms with E-state index in [4.69, 9.17) is 6.42 Å². The number of hydrogen-bond acceptors (Lipinski definition) is 4. The van der Waals surface area contributed by atoms with Gasteiger partial charge < -0.3 is 10.4 Å². The second-order valence-electron chi connectivity index (χ2n) is 4.32. The summed E-state index contributed by atoms with van der Waals surface area (Å²) >= 11 is 1.27. The van der Waals surface area contributed by atoms with Crippen LogP contribution in [0.1, 0.15) is 18.5 Å². The molecular weight excluding hydrogens is 291 g/mol. The molecule has 21 heavy (non-hydrogen) atoms. The summed E-state index contributed by atoms with van der Waals surface area (Å²) in [5.74, 6) is 1.25. The molecular formula is C15H13FN2O2S. The molecule has 1 aromatic rings. The predicted octanol–water partition coefficient (Wildman–Crippen LogP) is 2.55. The second-order valence-corrected chi connectivity index (χ2v) is 5.28. The molecule has 0 aliphatic carbocycles. The van der Waals surface area contributed by atoms with E-state index in [0.717, 1.165) is 0 Å². The van der Waals surface area contributed by atoms with Crippen LogP contribution in [0.2, 0.25) is 0 Å². The first-order valence-corrected chi connectivity index (χ1v) is 7.12. The highest BCUT2D eigenvalue weighted by Gasteiger charge is 2.30. The molecule has 6 heteroatoms. The van der Waals surface area contributed by atoms with Crippen LogP contribution in [0, 0.1) is 18.2 Å². The number of aliphatic imine (C=N–C) groups is 1. The van der Waals surface area contributed by atoms with Gasteiger partial charge in [-0.3, -0.25) is 0 Å². The minimum Gasteiger partial charge on any atom is -0.478 e. The van der Waals surface area contributed by atoms with Crippen molar-refractivity contribution in [2.75, 3.05) is 5.75 Å². The zero-order valence-corrected chi connectivity index (χ0v) is 12.1. The van der Waals surface area contributed by atoms with Crippen LogP contribution in [0.5, 0.6) is 0 Å². The first-order chi connectivity index (χ1) is 10.0. The van der Waals surface area contributed by atoms with Crippen LogP contribution < -0.4 is 5.32 Å². The summed E-state index contributed by atoms with van der Waals surface area (Å²) in [5.41, 5.74) is 0.699. The summed E-state index contributed by atoms with van der Waals surface area (Å²) in [6, 6.07) is 5.14. The van der Waals surface area contributed by atoms with Gasteiger partial charge in [0.15, 0.2) is 5.17 Å². The minimum atomic E-state index is -1.13. The van der Waals surface area contributed by atoms with Crippen molar-refractivity contribution in [1.82, 2.24) is 5.32 Å². The fourth-order valence-electron chi connectivity index (χ4n) is 2.03. The fourth-order valence-corrected chi connectivity index (χ4v) is 2.65. The molecule has 0 radical (unpaired) electrons. The number of carbonyl (C=O) groups is 1. The van der Waals surface area contributed by atoms with Gasteiger partial charge in [0.1, 0.15) is 11.9 Å². The van der Waals surface area contributed by atoms with Crippen LogP contribution in [-0.4, -0.2) is 22.0 Å². The SMILES string of the molecule is C#CCSC1=NC(c2ccccc2F)C(C(=O)O)=C(C)N1. The first kappa shape index (κ1) is 15.1. The molecule has 0 aromatic heterocycles. The molecule has 0 fully saturated rings. The van der Waals surface area contributed by atoms with Crippen LogP contribution in [0.3, 0.4) is 0 Å². The van der Waals surface area contributed by atoms with E-state index in [1.807, 2.05) is 0 Å². The standard InChI is InChI=1S/C15H13FN2O2S/c1-3-8-21-15-17-9(2)12(14(19)20)13(18-15)10-6-4-5-7-11(10)16/h1,4-7,13H,8H2,2H3,(H,17,18)(H,19,20). The molecule has 0 saturated carbocycles. The minimum absolute atomic E-state index is 0.0326. The van der Waals surface area contributed by atoms with Gasteiger partial charge in [-0.05, 0) is 13.0 Å². The van der Waals surface area contributed by atoms with Crippen LogP contribution in [0.25, 0.3) is 0 Å². The number of carboxylic acid groups (broad SMARTS) is 1. The van der Waals surface area contributed by atoms with Crippen molar-refractivity contribution in [3.63, 3.8) is 0 Å². The molecule has 0 bridgehead atoms. The van der Waals surface area contributed by atoms with Crippen molar-refractivity contribution in [2.24, 2.45) is 4.99 Å².